The maximum atomic E-state index is 13.9. The first kappa shape index (κ1) is 18.7. The third-order valence-corrected chi connectivity index (χ3v) is 3.63. The Balaban J connectivity index is 2.41. The van der Waals surface area contributed by atoms with Gasteiger partial charge in [0.05, 0.1) is 0 Å². The van der Waals surface area contributed by atoms with E-state index in [1.165, 1.54) is 0 Å². The molecule has 0 atom stereocenters. The van der Waals surface area contributed by atoms with Crippen LogP contribution in [0.1, 0.15) is 19.4 Å². The number of rotatable bonds is 7. The molecular formula is C17H16F3O3Si. The van der Waals surface area contributed by atoms with Gasteiger partial charge in [-0.15, -0.1) is 0 Å². The molecular weight excluding hydrogens is 337 g/mol. The maximum Gasteiger partial charge on any atom is 0.302 e. The van der Waals surface area contributed by atoms with Crippen molar-refractivity contribution in [2.24, 2.45) is 0 Å². The van der Waals surface area contributed by atoms with Gasteiger partial charge in [0, 0.05) is 30.4 Å². The summed E-state index contributed by atoms with van der Waals surface area (Å²) in [6, 6.07) is 7.62. The lowest BCUT2D eigenvalue weighted by molar-refractivity contribution is -0.352. The zero-order valence-electron chi connectivity index (χ0n) is 13.2. The van der Waals surface area contributed by atoms with Crippen molar-refractivity contribution < 1.29 is 27.1 Å². The molecule has 24 heavy (non-hydrogen) atoms. The highest BCUT2D eigenvalue weighted by Gasteiger charge is 2.33. The molecule has 0 bridgehead atoms. The Hall–Kier alpha value is -1.67. The van der Waals surface area contributed by atoms with Gasteiger partial charge in [0.2, 0.25) is 0 Å². The molecule has 0 heterocycles. The van der Waals surface area contributed by atoms with Gasteiger partial charge in [-0.2, -0.15) is 0 Å². The van der Waals surface area contributed by atoms with E-state index in [0.717, 1.165) is 6.07 Å². The Kier molecular flexibility index (Phi) is 6.17. The molecule has 0 aliphatic carbocycles. The highest BCUT2D eigenvalue weighted by molar-refractivity contribution is 5.98. The molecule has 0 saturated carbocycles. The zero-order valence-corrected chi connectivity index (χ0v) is 14.2. The molecule has 2 aromatic rings. The highest BCUT2D eigenvalue weighted by Crippen LogP contribution is 2.31. The first-order valence-electron chi connectivity index (χ1n) is 7.35. The summed E-state index contributed by atoms with van der Waals surface area (Å²) in [6.07, 6.45) is 0. The van der Waals surface area contributed by atoms with Crippen LogP contribution >= 0.6 is 0 Å². The summed E-state index contributed by atoms with van der Waals surface area (Å²) in [4.78, 5) is 0. The van der Waals surface area contributed by atoms with E-state index in [1.54, 1.807) is 38.1 Å². The van der Waals surface area contributed by atoms with E-state index in [9.17, 15) is 13.2 Å². The number of ether oxygens (including phenoxy) is 2. The van der Waals surface area contributed by atoms with E-state index in [2.05, 4.69) is 10.5 Å². The quantitative estimate of drug-likeness (QED) is 0.427. The summed E-state index contributed by atoms with van der Waals surface area (Å²) >= 11 is 0. The summed E-state index contributed by atoms with van der Waals surface area (Å²) < 4.78 is 56.5. The topological polar surface area (TPSA) is 27.7 Å². The molecule has 0 N–H and O–H groups in total. The van der Waals surface area contributed by atoms with Crippen LogP contribution in [0.4, 0.5) is 13.2 Å². The first-order valence-corrected chi connectivity index (χ1v) is 7.76. The van der Waals surface area contributed by atoms with Crippen LogP contribution in [0.5, 0.6) is 0 Å². The second-order valence-corrected chi connectivity index (χ2v) is 5.05. The van der Waals surface area contributed by atoms with Crippen molar-refractivity contribution in [3.05, 3.63) is 59.4 Å². The molecule has 0 saturated heterocycles. The fourth-order valence-corrected chi connectivity index (χ4v) is 2.54. The SMILES string of the molecule is CCOC(O[Si])(OCC)c1ccc(-c2cc(F)c(F)cc2F)cc1. The summed E-state index contributed by atoms with van der Waals surface area (Å²) in [7, 11) is 2.96. The minimum atomic E-state index is -1.45. The van der Waals surface area contributed by atoms with Crippen molar-refractivity contribution >= 4 is 10.5 Å². The molecule has 127 valence electrons. The molecule has 3 nitrogen and oxygen atoms in total. The summed E-state index contributed by atoms with van der Waals surface area (Å²) in [5.74, 6) is -4.64. The number of halogens is 3. The highest BCUT2D eigenvalue weighted by atomic mass is 28.2. The normalized spacial score (nSPS) is 11.8. The van der Waals surface area contributed by atoms with Crippen LogP contribution in [0, 0.1) is 17.5 Å². The second-order valence-electron chi connectivity index (χ2n) is 4.85. The van der Waals surface area contributed by atoms with Crippen LogP contribution in [0.15, 0.2) is 36.4 Å². The third-order valence-electron chi connectivity index (χ3n) is 3.36. The third kappa shape index (κ3) is 3.70. The van der Waals surface area contributed by atoms with Crippen LogP contribution in [0.2, 0.25) is 0 Å². The molecule has 2 rings (SSSR count). The van der Waals surface area contributed by atoms with Crippen molar-refractivity contribution in [2.45, 2.75) is 19.8 Å². The van der Waals surface area contributed by atoms with Crippen LogP contribution < -0.4 is 0 Å². The predicted molar refractivity (Wildman–Crippen MR) is 83.5 cm³/mol. The minimum Gasteiger partial charge on any atom is -0.367 e. The zero-order chi connectivity index (χ0) is 17.7. The van der Waals surface area contributed by atoms with Crippen LogP contribution in [0.25, 0.3) is 11.1 Å². The van der Waals surface area contributed by atoms with Crippen molar-refractivity contribution in [2.75, 3.05) is 13.2 Å². The van der Waals surface area contributed by atoms with E-state index < -0.39 is 23.4 Å². The van der Waals surface area contributed by atoms with Gasteiger partial charge < -0.3 is 13.9 Å². The number of hydrogen-bond acceptors (Lipinski definition) is 3. The largest absolute Gasteiger partial charge is 0.367 e. The molecule has 0 fully saturated rings. The van der Waals surface area contributed by atoms with E-state index in [1.807, 2.05) is 0 Å². The van der Waals surface area contributed by atoms with Gasteiger partial charge >= 0.3 is 5.97 Å². The van der Waals surface area contributed by atoms with E-state index >= 15 is 0 Å². The Labute approximate surface area is 141 Å². The number of benzene rings is 2. The fourth-order valence-electron chi connectivity index (χ4n) is 2.30. The molecule has 0 amide bonds. The van der Waals surface area contributed by atoms with Crippen molar-refractivity contribution in [3.8, 4) is 11.1 Å². The molecule has 0 aliphatic heterocycles. The average Bonchev–Trinajstić information content (AvgIpc) is 2.58. The average molecular weight is 353 g/mol. The summed E-state index contributed by atoms with van der Waals surface area (Å²) in [5.41, 5.74) is 0.858. The van der Waals surface area contributed by atoms with E-state index in [4.69, 9.17) is 13.9 Å². The molecule has 2 aromatic carbocycles. The Morgan fingerprint density at radius 1 is 0.875 bits per heavy atom. The monoisotopic (exact) mass is 353 g/mol. The van der Waals surface area contributed by atoms with Crippen LogP contribution in [0.3, 0.4) is 0 Å². The van der Waals surface area contributed by atoms with Crippen molar-refractivity contribution in [1.82, 2.24) is 0 Å². The lowest BCUT2D eigenvalue weighted by Gasteiger charge is -2.31. The van der Waals surface area contributed by atoms with E-state index in [-0.39, 0.29) is 5.56 Å². The maximum absolute atomic E-state index is 13.9. The first-order chi connectivity index (χ1) is 11.5. The standard InChI is InChI=1S/C17H16F3O3Si/c1-3-21-17(23-24,22-4-2)12-7-5-11(6-8-12)13-9-15(19)16(20)10-14(13)18/h5-10H,3-4H2,1-2H3. The van der Waals surface area contributed by atoms with Gasteiger partial charge in [0.1, 0.15) is 5.82 Å². The molecule has 0 aliphatic rings. The summed E-state index contributed by atoms with van der Waals surface area (Å²) in [5, 5.41) is 0. The van der Waals surface area contributed by atoms with Gasteiger partial charge in [-0.25, -0.2) is 13.2 Å². The van der Waals surface area contributed by atoms with Gasteiger partial charge in [0.25, 0.3) is 10.5 Å². The van der Waals surface area contributed by atoms with Gasteiger partial charge in [-0.3, -0.25) is 0 Å². The Morgan fingerprint density at radius 2 is 1.42 bits per heavy atom. The van der Waals surface area contributed by atoms with Crippen LogP contribution in [-0.4, -0.2) is 23.7 Å². The smallest absolute Gasteiger partial charge is 0.302 e. The Morgan fingerprint density at radius 3 is 1.92 bits per heavy atom. The van der Waals surface area contributed by atoms with E-state index in [0.29, 0.717) is 30.4 Å². The molecule has 0 aromatic heterocycles. The lowest BCUT2D eigenvalue weighted by atomic mass is 10.0. The molecule has 0 spiro atoms. The van der Waals surface area contributed by atoms with Crippen molar-refractivity contribution in [1.29, 1.82) is 0 Å². The van der Waals surface area contributed by atoms with Crippen molar-refractivity contribution in [3.63, 3.8) is 0 Å². The molecule has 0 unspecified atom stereocenters. The minimum absolute atomic E-state index is 0.0434. The summed E-state index contributed by atoms with van der Waals surface area (Å²) in [6.45, 7) is 4.21. The lowest BCUT2D eigenvalue weighted by Crippen LogP contribution is -2.35. The van der Waals surface area contributed by atoms with Crippen LogP contribution in [-0.2, 0) is 19.9 Å². The Bertz CT molecular complexity index is 686. The molecule has 3 radical (unpaired) electrons. The van der Waals surface area contributed by atoms with Gasteiger partial charge in [-0.05, 0) is 25.5 Å². The fraction of sp³-hybridized carbons (Fsp3) is 0.294. The number of hydrogen-bond donors (Lipinski definition) is 0. The second kappa shape index (κ2) is 7.93. The molecule has 7 heteroatoms. The van der Waals surface area contributed by atoms with Gasteiger partial charge in [0.15, 0.2) is 11.6 Å². The predicted octanol–water partition coefficient (Wildman–Crippen LogP) is 4.05. The van der Waals surface area contributed by atoms with Gasteiger partial charge in [-0.1, -0.05) is 24.3 Å².